The van der Waals surface area contributed by atoms with Crippen LogP contribution in [0.4, 0.5) is 5.69 Å². The van der Waals surface area contributed by atoms with E-state index >= 15 is 0 Å². The van der Waals surface area contributed by atoms with Gasteiger partial charge in [-0.05, 0) is 80.3 Å². The predicted octanol–water partition coefficient (Wildman–Crippen LogP) is 5.26. The van der Waals surface area contributed by atoms with Crippen molar-refractivity contribution in [3.63, 3.8) is 0 Å². The first-order chi connectivity index (χ1) is 16.9. The Kier molecular flexibility index (Phi) is 9.48. The maximum atomic E-state index is 6.19. The summed E-state index contributed by atoms with van der Waals surface area (Å²) in [6.07, 6.45) is 12.8. The number of aryl methyl sites for hydroxylation is 1. The van der Waals surface area contributed by atoms with Crippen molar-refractivity contribution >= 4 is 29.8 Å². The van der Waals surface area contributed by atoms with Crippen LogP contribution >= 0.6 is 12.8 Å². The monoisotopic (exact) mass is 488 g/mol. The zero-order valence-corrected chi connectivity index (χ0v) is 21.5. The molecule has 6 nitrogen and oxygen atoms in total. The summed E-state index contributed by atoms with van der Waals surface area (Å²) in [7, 11) is 1.81. The number of nitrogens with zero attached hydrogens (tertiary/aromatic N) is 3. The molecule has 0 saturated carbocycles. The molecule has 1 heterocycles. The van der Waals surface area contributed by atoms with E-state index in [0.29, 0.717) is 13.0 Å². The number of aliphatic imine (C=N–C) groups is 1. The average Bonchev–Trinajstić information content (AvgIpc) is 2.87. The number of thiol groups is 1. The zero-order chi connectivity index (χ0) is 25.3. The van der Waals surface area contributed by atoms with Crippen molar-refractivity contribution in [3.8, 4) is 0 Å². The van der Waals surface area contributed by atoms with Crippen LogP contribution in [-0.4, -0.2) is 29.3 Å². The highest BCUT2D eigenvalue weighted by Crippen LogP contribution is 2.52. The number of hydrogen-bond donors (Lipinski definition) is 4. The minimum absolute atomic E-state index is 0.367. The summed E-state index contributed by atoms with van der Waals surface area (Å²) in [4.78, 5) is 9.59. The van der Waals surface area contributed by atoms with E-state index in [0.717, 1.165) is 47.5 Å². The van der Waals surface area contributed by atoms with Gasteiger partial charge >= 0.3 is 0 Å². The van der Waals surface area contributed by atoms with Crippen LogP contribution in [0.2, 0.25) is 0 Å². The maximum Gasteiger partial charge on any atom is 0.0683 e. The minimum Gasteiger partial charge on any atom is -0.404 e. The van der Waals surface area contributed by atoms with E-state index < -0.39 is 0 Å². The molecule has 1 aliphatic carbocycles. The summed E-state index contributed by atoms with van der Waals surface area (Å²) in [6, 6.07) is 14.1. The second-order valence-corrected chi connectivity index (χ2v) is 9.21. The molecule has 0 aliphatic heterocycles. The van der Waals surface area contributed by atoms with Gasteiger partial charge in [0, 0.05) is 31.4 Å². The molecule has 0 saturated heterocycles. The van der Waals surface area contributed by atoms with Crippen molar-refractivity contribution < 1.29 is 0 Å². The second-order valence-electron chi connectivity index (χ2n) is 8.89. The van der Waals surface area contributed by atoms with E-state index in [-0.39, 0.29) is 5.41 Å². The van der Waals surface area contributed by atoms with Crippen LogP contribution in [-0.2, 0) is 0 Å². The third kappa shape index (κ3) is 6.72. The second kappa shape index (κ2) is 12.5. The number of allylic oxidation sites excluding steroid dienone is 4. The Bertz CT molecular complexity index is 1120. The molecule has 0 fully saturated rings. The number of aromatic nitrogens is 1. The lowest BCUT2D eigenvalue weighted by Crippen LogP contribution is -2.33. The summed E-state index contributed by atoms with van der Waals surface area (Å²) in [5, 5.41) is 1.56. The van der Waals surface area contributed by atoms with E-state index in [9.17, 15) is 0 Å². The van der Waals surface area contributed by atoms with Crippen LogP contribution < -0.4 is 16.3 Å². The lowest BCUT2D eigenvalue weighted by atomic mass is 9.62. The fourth-order valence-corrected chi connectivity index (χ4v) is 4.60. The van der Waals surface area contributed by atoms with Crippen molar-refractivity contribution in [3.05, 3.63) is 102 Å². The number of nitrogens with two attached hydrogens (primary N) is 2. The molecule has 2 aromatic rings. The Morgan fingerprint density at radius 1 is 1.29 bits per heavy atom. The fraction of sp³-hybridized carbons (Fsp3) is 0.286. The van der Waals surface area contributed by atoms with Crippen LogP contribution in [0.1, 0.15) is 36.9 Å². The summed E-state index contributed by atoms with van der Waals surface area (Å²) in [5.41, 5.74) is 12.9. The van der Waals surface area contributed by atoms with Crippen LogP contribution in [0.5, 0.6) is 0 Å². The Morgan fingerprint density at radius 2 is 2.06 bits per heavy atom. The van der Waals surface area contributed by atoms with Crippen LogP contribution in [0.25, 0.3) is 5.57 Å². The normalized spacial score (nSPS) is 20.4. The van der Waals surface area contributed by atoms with Crippen LogP contribution in [0.3, 0.4) is 0 Å². The molecule has 7 heteroatoms. The number of rotatable bonds is 10. The predicted molar refractivity (Wildman–Crippen MR) is 151 cm³/mol. The molecule has 0 radical (unpaired) electrons. The first-order valence-corrected chi connectivity index (χ1v) is 12.2. The molecule has 35 heavy (non-hydrogen) atoms. The Hall–Kier alpha value is -3.13. The Morgan fingerprint density at radius 3 is 2.69 bits per heavy atom. The van der Waals surface area contributed by atoms with E-state index in [1.54, 1.807) is 11.2 Å². The molecule has 3 rings (SSSR count). The van der Waals surface area contributed by atoms with Gasteiger partial charge in [0.15, 0.2) is 0 Å². The molecule has 1 aromatic heterocycles. The van der Waals surface area contributed by atoms with Crippen LogP contribution in [0.15, 0.2) is 95.9 Å². The SMILES string of the molecule is C=C(c1ccccn1)C1(CC/C=C\N(C)N)CC(=CN)C(=Nc2ccc(C)cc2)C=C1CCNS. The maximum absolute atomic E-state index is 6.19. The molecule has 1 aromatic carbocycles. The van der Waals surface area contributed by atoms with Gasteiger partial charge < -0.3 is 10.7 Å². The number of benzene rings is 1. The highest BCUT2D eigenvalue weighted by atomic mass is 32.1. The number of nitrogens with one attached hydrogen (secondary N) is 1. The van der Waals surface area contributed by atoms with Gasteiger partial charge in [0.1, 0.15) is 0 Å². The molecule has 0 spiro atoms. The van der Waals surface area contributed by atoms with E-state index in [2.05, 4.69) is 60.3 Å². The highest BCUT2D eigenvalue weighted by Gasteiger charge is 2.41. The van der Waals surface area contributed by atoms with Gasteiger partial charge in [-0.15, -0.1) is 0 Å². The Labute approximate surface area is 214 Å². The van der Waals surface area contributed by atoms with E-state index in [4.69, 9.17) is 16.6 Å². The van der Waals surface area contributed by atoms with E-state index in [1.165, 1.54) is 11.1 Å². The fourth-order valence-electron chi connectivity index (χ4n) is 4.49. The Balaban J connectivity index is 2.13. The first kappa shape index (κ1) is 26.5. The van der Waals surface area contributed by atoms with Gasteiger partial charge in [0.05, 0.1) is 17.1 Å². The van der Waals surface area contributed by atoms with Crippen molar-refractivity contribution in [2.75, 3.05) is 13.6 Å². The largest absolute Gasteiger partial charge is 0.404 e. The molecular weight excluding hydrogens is 452 g/mol. The minimum atomic E-state index is -0.367. The summed E-state index contributed by atoms with van der Waals surface area (Å²) in [6.45, 7) is 7.35. The molecule has 184 valence electrons. The first-order valence-electron chi connectivity index (χ1n) is 11.8. The summed E-state index contributed by atoms with van der Waals surface area (Å²) in [5.74, 6) is 5.78. The van der Waals surface area contributed by atoms with E-state index in [1.807, 2.05) is 49.8 Å². The summed E-state index contributed by atoms with van der Waals surface area (Å²) >= 11 is 4.25. The average molecular weight is 489 g/mol. The number of hydrazine groups is 1. The van der Waals surface area contributed by atoms with Crippen molar-refractivity contribution in [1.29, 1.82) is 0 Å². The van der Waals surface area contributed by atoms with Gasteiger partial charge in [-0.2, -0.15) is 0 Å². The molecule has 1 aliphatic rings. The lowest BCUT2D eigenvalue weighted by Gasteiger charge is -2.42. The van der Waals surface area contributed by atoms with Crippen molar-refractivity contribution in [2.45, 2.75) is 32.6 Å². The number of hydrogen-bond acceptors (Lipinski definition) is 7. The standard InChI is InChI=1S/C28H36N6S/c1-21-9-11-25(12-10-21)33-27-18-24(13-16-32-35)28(19-23(27)20-29,14-5-7-17-34(3)30)22(2)26-8-4-6-15-31-26/h4,6-12,15,17-18,20,32,35H,2,5,13-14,16,19,29-30H2,1,3H3/b17-7-,23-20?,33-27?. The highest BCUT2D eigenvalue weighted by molar-refractivity contribution is 7.78. The molecule has 5 N–H and O–H groups in total. The van der Waals surface area contributed by atoms with Crippen LogP contribution in [0, 0.1) is 12.3 Å². The quantitative estimate of drug-likeness (QED) is 0.208. The van der Waals surface area contributed by atoms with Crippen molar-refractivity contribution in [1.82, 2.24) is 14.7 Å². The molecular formula is C28H36N6S. The summed E-state index contributed by atoms with van der Waals surface area (Å²) < 4.78 is 3.00. The van der Waals surface area contributed by atoms with Gasteiger partial charge in [0.25, 0.3) is 0 Å². The third-order valence-corrected chi connectivity index (χ3v) is 6.59. The molecule has 0 amide bonds. The number of pyridine rings is 1. The lowest BCUT2D eigenvalue weighted by molar-refractivity contribution is 0.420. The van der Waals surface area contributed by atoms with Crippen molar-refractivity contribution in [2.24, 2.45) is 22.0 Å². The zero-order valence-electron chi connectivity index (χ0n) is 20.6. The van der Waals surface area contributed by atoms with Gasteiger partial charge in [0.2, 0.25) is 0 Å². The third-order valence-electron chi connectivity index (χ3n) is 6.37. The topological polar surface area (TPSA) is 92.6 Å². The van der Waals surface area contributed by atoms with Gasteiger partial charge in [-0.1, -0.05) is 54.8 Å². The molecule has 1 unspecified atom stereocenters. The molecule has 0 bridgehead atoms. The van der Waals surface area contributed by atoms with Gasteiger partial charge in [-0.3, -0.25) is 9.71 Å². The smallest absolute Gasteiger partial charge is 0.0683 e. The molecule has 1 atom stereocenters. The van der Waals surface area contributed by atoms with Gasteiger partial charge in [-0.25, -0.2) is 10.8 Å².